The second-order valence-electron chi connectivity index (χ2n) is 8.63. The number of carbonyl (C=O) groups excluding carboxylic acids is 2. The Balaban J connectivity index is 1.92. The van der Waals surface area contributed by atoms with Crippen LogP contribution in [0.15, 0.2) is 59.4 Å². The Morgan fingerprint density at radius 3 is 2.29 bits per heavy atom. The largest absolute Gasteiger partial charge is 0.493 e. The number of nitrogens with two attached hydrogens (primary N) is 2. The van der Waals surface area contributed by atoms with Crippen molar-refractivity contribution in [2.75, 3.05) is 19.5 Å². The lowest BCUT2D eigenvalue weighted by atomic mass is 10.0. The number of nitrogens with one attached hydrogen (secondary N) is 3. The highest BCUT2D eigenvalue weighted by molar-refractivity contribution is 5.98. The van der Waals surface area contributed by atoms with Crippen LogP contribution >= 0.6 is 0 Å². The molecule has 0 fully saturated rings. The zero-order valence-electron chi connectivity index (χ0n) is 22.2. The second-order valence-corrected chi connectivity index (χ2v) is 8.63. The maximum absolute atomic E-state index is 15.5. The average Bonchev–Trinajstić information content (AvgIpc) is 3.32. The summed E-state index contributed by atoms with van der Waals surface area (Å²) in [4.78, 5) is 39.7. The zero-order valence-corrected chi connectivity index (χ0v) is 22.2. The van der Waals surface area contributed by atoms with Gasteiger partial charge in [-0.3, -0.25) is 20.0 Å². The molecular weight excluding hydrogens is 537 g/mol. The lowest BCUT2D eigenvalue weighted by Gasteiger charge is -2.20. The molecule has 14 heteroatoms. The van der Waals surface area contributed by atoms with Crippen molar-refractivity contribution in [1.82, 2.24) is 14.8 Å². The third-order valence-corrected chi connectivity index (χ3v) is 5.96. The maximum atomic E-state index is 15.5. The van der Waals surface area contributed by atoms with Crippen LogP contribution in [0, 0.1) is 11.2 Å². The minimum Gasteiger partial charge on any atom is -0.493 e. The van der Waals surface area contributed by atoms with E-state index in [1.165, 1.54) is 38.5 Å². The predicted molar refractivity (Wildman–Crippen MR) is 146 cm³/mol. The molecule has 0 bridgehead atoms. The van der Waals surface area contributed by atoms with Gasteiger partial charge in [-0.25, -0.2) is 9.18 Å². The molecule has 1 amide bonds. The fourth-order valence-corrected chi connectivity index (χ4v) is 4.10. The van der Waals surface area contributed by atoms with E-state index in [2.05, 4.69) is 15.4 Å². The van der Waals surface area contributed by atoms with Gasteiger partial charge in [0, 0.05) is 29.8 Å². The second kappa shape index (κ2) is 11.6. The monoisotopic (exact) mass is 563 g/mol. The molecule has 0 saturated carbocycles. The number of aromatic amines is 1. The Bertz CT molecular complexity index is 1700. The van der Waals surface area contributed by atoms with Gasteiger partial charge in [-0.05, 0) is 42.5 Å². The first-order chi connectivity index (χ1) is 19.5. The van der Waals surface area contributed by atoms with Crippen molar-refractivity contribution in [3.8, 4) is 22.9 Å². The molecule has 0 aliphatic rings. The number of anilines is 1. The van der Waals surface area contributed by atoms with Crippen LogP contribution in [-0.4, -0.2) is 46.7 Å². The number of carbonyl (C=O) groups is 2. The number of rotatable bonds is 10. The van der Waals surface area contributed by atoms with E-state index in [-0.39, 0.29) is 45.7 Å². The number of hydrogen-bond donors (Lipinski definition) is 5. The van der Waals surface area contributed by atoms with Crippen LogP contribution in [0.1, 0.15) is 40.3 Å². The van der Waals surface area contributed by atoms with Crippen LogP contribution < -0.4 is 36.7 Å². The van der Waals surface area contributed by atoms with E-state index in [1.54, 1.807) is 24.3 Å². The molecule has 1 atom stereocenters. The van der Waals surface area contributed by atoms with Gasteiger partial charge in [0.15, 0.2) is 23.1 Å². The van der Waals surface area contributed by atoms with Crippen molar-refractivity contribution in [2.45, 2.75) is 13.0 Å². The summed E-state index contributed by atoms with van der Waals surface area (Å²) in [7, 11) is 2.75. The molecule has 3 aromatic carbocycles. The molecule has 0 unspecified atom stereocenters. The Morgan fingerprint density at radius 1 is 1.05 bits per heavy atom. The highest BCUT2D eigenvalue weighted by Gasteiger charge is 2.27. The highest BCUT2D eigenvalue weighted by Crippen LogP contribution is 2.36. The molecule has 0 saturated heterocycles. The van der Waals surface area contributed by atoms with Gasteiger partial charge in [-0.15, -0.1) is 5.10 Å². The molecule has 0 radical (unpaired) electrons. The molecular formula is C27H26FN7O6. The Hall–Kier alpha value is -5.66. The molecule has 1 heterocycles. The molecule has 13 nitrogen and oxygen atoms in total. The van der Waals surface area contributed by atoms with Gasteiger partial charge in [-0.1, -0.05) is 6.07 Å². The summed E-state index contributed by atoms with van der Waals surface area (Å²) in [6, 6.07) is 11.9. The predicted octanol–water partition coefficient (Wildman–Crippen LogP) is 2.23. The number of amidine groups is 1. The number of nitrogens with zero attached hydrogens (tertiary/aromatic N) is 2. The van der Waals surface area contributed by atoms with E-state index in [0.29, 0.717) is 11.3 Å². The number of aromatic nitrogens is 3. The number of nitrogen functional groups attached to an aromatic ring is 1. The van der Waals surface area contributed by atoms with Gasteiger partial charge in [-0.2, -0.15) is 4.68 Å². The Morgan fingerprint density at radius 2 is 1.71 bits per heavy atom. The van der Waals surface area contributed by atoms with Crippen LogP contribution in [0.5, 0.6) is 17.2 Å². The number of H-pyrrole nitrogens is 1. The number of ether oxygens (including phenoxy) is 3. The third-order valence-electron chi connectivity index (χ3n) is 5.96. The number of hydrogen-bond acceptors (Lipinski definition) is 9. The molecule has 4 rings (SSSR count). The Labute approximate surface area is 232 Å². The minimum absolute atomic E-state index is 0.0163. The van der Waals surface area contributed by atoms with E-state index >= 15 is 4.39 Å². The number of halogens is 1. The van der Waals surface area contributed by atoms with Crippen molar-refractivity contribution < 1.29 is 28.2 Å². The normalized spacial score (nSPS) is 11.4. The van der Waals surface area contributed by atoms with Crippen LogP contribution in [0.25, 0.3) is 5.69 Å². The van der Waals surface area contributed by atoms with Crippen molar-refractivity contribution >= 4 is 23.4 Å². The van der Waals surface area contributed by atoms with Crippen molar-refractivity contribution in [3.63, 3.8) is 0 Å². The van der Waals surface area contributed by atoms with E-state index in [0.717, 1.165) is 17.7 Å². The molecule has 7 N–H and O–H groups in total. The van der Waals surface area contributed by atoms with Gasteiger partial charge < -0.3 is 31.0 Å². The number of esters is 1. The molecule has 212 valence electrons. The average molecular weight is 564 g/mol. The van der Waals surface area contributed by atoms with E-state index in [4.69, 9.17) is 31.1 Å². The Kier molecular flexibility index (Phi) is 8.03. The maximum Gasteiger partial charge on any atom is 0.348 e. The van der Waals surface area contributed by atoms with Gasteiger partial charge >= 0.3 is 11.7 Å². The van der Waals surface area contributed by atoms with Crippen molar-refractivity contribution in [2.24, 2.45) is 11.5 Å². The number of para-hydroxylation sites is 1. The summed E-state index contributed by atoms with van der Waals surface area (Å²) < 4.78 is 32.1. The van der Waals surface area contributed by atoms with E-state index in [1.807, 2.05) is 0 Å². The summed E-state index contributed by atoms with van der Waals surface area (Å²) in [5.74, 6) is -2.35. The first-order valence-electron chi connectivity index (χ1n) is 12.0. The van der Waals surface area contributed by atoms with Gasteiger partial charge in [0.1, 0.15) is 23.4 Å². The number of methoxy groups -OCH3 is 2. The SMILES string of the molecule is COc1cc(F)c([C@H](Nc2ccc(C(=N)N)cc2)c2nn(-c3c(OC(C)=O)cccc3C(N)=O)c(=O)[nH]2)cc1OC. The fraction of sp³-hybridized carbons (Fsp3) is 0.148. The lowest BCUT2D eigenvalue weighted by Crippen LogP contribution is -2.23. The van der Waals surface area contributed by atoms with Crippen LogP contribution in [0.2, 0.25) is 0 Å². The molecule has 0 spiro atoms. The number of benzene rings is 3. The van der Waals surface area contributed by atoms with Gasteiger partial charge in [0.2, 0.25) is 0 Å². The quantitative estimate of drug-likeness (QED) is 0.0830. The first kappa shape index (κ1) is 28.4. The standard InChI is InChI=1S/C27H26FN7O6/c1-13(36)41-19-6-4-5-16(25(31)37)23(19)35-27(38)33-26(34-35)22(32-15-9-7-14(8-10-15)24(29)30)17-11-20(39-2)21(40-3)12-18(17)28/h4-12,22,32H,1-3H3,(H3,29,30)(H2,31,37)(H,33,34,38)/t22-/m0/s1. The van der Waals surface area contributed by atoms with Gasteiger partial charge in [0.05, 0.1) is 19.8 Å². The summed E-state index contributed by atoms with van der Waals surface area (Å²) in [5, 5.41) is 15.1. The molecule has 1 aromatic heterocycles. The van der Waals surface area contributed by atoms with Crippen LogP contribution in [0.3, 0.4) is 0 Å². The molecule has 0 aliphatic carbocycles. The molecule has 41 heavy (non-hydrogen) atoms. The van der Waals surface area contributed by atoms with E-state index < -0.39 is 29.4 Å². The minimum atomic E-state index is -1.13. The van der Waals surface area contributed by atoms with Gasteiger partial charge in [0.25, 0.3) is 5.91 Å². The van der Waals surface area contributed by atoms with Crippen molar-refractivity contribution in [3.05, 3.63) is 93.4 Å². The van der Waals surface area contributed by atoms with E-state index in [9.17, 15) is 14.4 Å². The molecule has 0 aliphatic heterocycles. The lowest BCUT2D eigenvalue weighted by molar-refractivity contribution is -0.131. The highest BCUT2D eigenvalue weighted by atomic mass is 19.1. The zero-order chi connectivity index (χ0) is 29.8. The van der Waals surface area contributed by atoms with Crippen molar-refractivity contribution in [1.29, 1.82) is 5.41 Å². The smallest absolute Gasteiger partial charge is 0.348 e. The molecule has 4 aromatic rings. The summed E-state index contributed by atoms with van der Waals surface area (Å²) in [5.41, 5.74) is 10.9. The summed E-state index contributed by atoms with van der Waals surface area (Å²) in [6.07, 6.45) is 0. The number of amides is 1. The fourth-order valence-electron chi connectivity index (χ4n) is 4.10. The topological polar surface area (TPSA) is 200 Å². The number of primary amides is 1. The first-order valence-corrected chi connectivity index (χ1v) is 12.0. The summed E-state index contributed by atoms with van der Waals surface area (Å²) >= 11 is 0. The van der Waals surface area contributed by atoms with Crippen LogP contribution in [0.4, 0.5) is 10.1 Å². The van der Waals surface area contributed by atoms with Crippen LogP contribution in [-0.2, 0) is 4.79 Å². The summed E-state index contributed by atoms with van der Waals surface area (Å²) in [6.45, 7) is 1.15. The third kappa shape index (κ3) is 5.85.